The van der Waals surface area contributed by atoms with Crippen LogP contribution in [0.2, 0.25) is 0 Å². The summed E-state index contributed by atoms with van der Waals surface area (Å²) in [5.74, 6) is 2.62. The second kappa shape index (κ2) is 4.77. The summed E-state index contributed by atoms with van der Waals surface area (Å²) in [6, 6.07) is 12.7. The Morgan fingerprint density at radius 3 is 1.64 bits per heavy atom. The fourth-order valence-electron chi connectivity index (χ4n) is 5.55. The highest BCUT2D eigenvalue weighted by molar-refractivity contribution is 5.97. The third-order valence-corrected chi connectivity index (χ3v) is 6.31. The second-order valence-electron chi connectivity index (χ2n) is 6.99. The molecule has 3 aliphatic rings. The minimum atomic E-state index is 0.164. The molecule has 4 atom stereocenters. The van der Waals surface area contributed by atoms with E-state index in [0.717, 1.165) is 28.7 Å². The minimum absolute atomic E-state index is 0.164. The summed E-state index contributed by atoms with van der Waals surface area (Å²) in [4.78, 5) is 0. The number of hydrogen-bond acceptors (Lipinski definition) is 4. The Labute approximate surface area is 145 Å². The number of allylic oxidation sites excluding steroid dienone is 2. The second-order valence-corrected chi connectivity index (χ2v) is 6.99. The van der Waals surface area contributed by atoms with E-state index in [1.54, 1.807) is 14.2 Å². The first-order valence-electron chi connectivity index (χ1n) is 8.47. The number of rotatable bonds is 2. The van der Waals surface area contributed by atoms with Crippen molar-refractivity contribution in [2.24, 2.45) is 11.8 Å². The third kappa shape index (κ3) is 1.47. The van der Waals surface area contributed by atoms with Gasteiger partial charge in [-0.3, -0.25) is 0 Å². The molecule has 0 aromatic heterocycles. The molecular formula is C21H16N2O2. The Kier molecular flexibility index (Phi) is 2.74. The predicted molar refractivity (Wildman–Crippen MR) is 92.4 cm³/mol. The number of nitriles is 2. The maximum absolute atomic E-state index is 9.49. The zero-order valence-corrected chi connectivity index (χ0v) is 14.0. The van der Waals surface area contributed by atoms with Crippen LogP contribution >= 0.6 is 0 Å². The lowest BCUT2D eigenvalue weighted by atomic mass is 9.60. The van der Waals surface area contributed by atoms with Gasteiger partial charge in [-0.1, -0.05) is 24.3 Å². The maximum Gasteiger partial charge on any atom is 0.130 e. The van der Waals surface area contributed by atoms with Gasteiger partial charge < -0.3 is 9.47 Å². The van der Waals surface area contributed by atoms with E-state index in [2.05, 4.69) is 24.3 Å². The summed E-state index contributed by atoms with van der Waals surface area (Å²) in [5, 5.41) is 21.1. The number of ether oxygens (including phenoxy) is 2. The van der Waals surface area contributed by atoms with Gasteiger partial charge in [0.2, 0.25) is 0 Å². The molecule has 2 aromatic rings. The summed E-state index contributed by atoms with van der Waals surface area (Å²) in [5.41, 5.74) is 3.74. The quantitative estimate of drug-likeness (QED) is 0.835. The standard InChI is InChI=1S/C21H16N2O2/c1-24-20-10-5-3-4-6-11(10)21(25-2)19-13-7-12(18(19)20)16-14(8-22)15(9-23)17(13)16/h3-6,12-13,16-17H,7H2,1-2H3/t12-,13+,16-,17+. The van der Waals surface area contributed by atoms with E-state index in [1.807, 2.05) is 12.1 Å². The van der Waals surface area contributed by atoms with E-state index in [1.165, 1.54) is 11.1 Å². The summed E-state index contributed by atoms with van der Waals surface area (Å²) in [6.45, 7) is 0. The fraction of sp³-hybridized carbons (Fsp3) is 0.333. The van der Waals surface area contributed by atoms with Gasteiger partial charge in [0, 0.05) is 44.9 Å². The van der Waals surface area contributed by atoms with Crippen molar-refractivity contribution < 1.29 is 9.47 Å². The van der Waals surface area contributed by atoms with Crippen molar-refractivity contribution in [1.82, 2.24) is 0 Å². The van der Waals surface area contributed by atoms with Crippen LogP contribution in [0.5, 0.6) is 11.5 Å². The summed E-state index contributed by atoms with van der Waals surface area (Å²) < 4.78 is 11.7. The molecule has 5 rings (SSSR count). The molecule has 3 aliphatic carbocycles. The van der Waals surface area contributed by atoms with Gasteiger partial charge in [-0.15, -0.1) is 0 Å². The van der Waals surface area contributed by atoms with E-state index >= 15 is 0 Å². The molecule has 1 fully saturated rings. The molecule has 1 saturated carbocycles. The van der Waals surface area contributed by atoms with E-state index in [4.69, 9.17) is 9.47 Å². The van der Waals surface area contributed by atoms with Gasteiger partial charge in [0.05, 0.1) is 26.4 Å². The lowest BCUT2D eigenvalue weighted by Crippen LogP contribution is -2.34. The molecule has 0 N–H and O–H groups in total. The van der Waals surface area contributed by atoms with Gasteiger partial charge in [-0.25, -0.2) is 0 Å². The van der Waals surface area contributed by atoms with Crippen molar-refractivity contribution in [3.63, 3.8) is 0 Å². The van der Waals surface area contributed by atoms with Gasteiger partial charge in [0.15, 0.2) is 0 Å². The van der Waals surface area contributed by atoms with E-state index in [0.29, 0.717) is 11.1 Å². The first-order valence-corrected chi connectivity index (χ1v) is 8.47. The van der Waals surface area contributed by atoms with Crippen LogP contribution in [0.15, 0.2) is 35.4 Å². The van der Waals surface area contributed by atoms with Crippen LogP contribution in [0.4, 0.5) is 0 Å². The number of methoxy groups -OCH3 is 2. The molecule has 0 amide bonds. The highest BCUT2D eigenvalue weighted by atomic mass is 16.5. The highest BCUT2D eigenvalue weighted by Crippen LogP contribution is 2.71. The predicted octanol–water partition coefficient (Wildman–Crippen LogP) is 4.03. The van der Waals surface area contributed by atoms with Gasteiger partial charge in [-0.2, -0.15) is 10.5 Å². The lowest BCUT2D eigenvalue weighted by molar-refractivity contribution is 0.348. The van der Waals surface area contributed by atoms with Crippen LogP contribution in [-0.2, 0) is 0 Å². The lowest BCUT2D eigenvalue weighted by Gasteiger charge is -2.41. The Bertz CT molecular complexity index is 972. The van der Waals surface area contributed by atoms with Crippen LogP contribution in [0.3, 0.4) is 0 Å². The monoisotopic (exact) mass is 328 g/mol. The Morgan fingerprint density at radius 1 is 0.840 bits per heavy atom. The Balaban J connectivity index is 1.84. The molecule has 0 heterocycles. The highest BCUT2D eigenvalue weighted by Gasteiger charge is 2.61. The van der Waals surface area contributed by atoms with Gasteiger partial charge in [0.1, 0.15) is 11.5 Å². The zero-order valence-electron chi connectivity index (χ0n) is 14.0. The van der Waals surface area contributed by atoms with Gasteiger partial charge in [-0.05, 0) is 18.3 Å². The maximum atomic E-state index is 9.49. The molecule has 0 unspecified atom stereocenters. The van der Waals surface area contributed by atoms with Crippen LogP contribution in [0.1, 0.15) is 29.4 Å². The molecule has 0 radical (unpaired) electrons. The van der Waals surface area contributed by atoms with Crippen molar-refractivity contribution in [3.8, 4) is 23.6 Å². The molecule has 4 nitrogen and oxygen atoms in total. The summed E-state index contributed by atoms with van der Waals surface area (Å²) in [6.07, 6.45) is 0.962. The molecule has 0 aliphatic heterocycles. The Hall–Kier alpha value is -2.98. The first-order chi connectivity index (χ1) is 12.3. The van der Waals surface area contributed by atoms with Gasteiger partial charge >= 0.3 is 0 Å². The van der Waals surface area contributed by atoms with Crippen molar-refractivity contribution in [2.75, 3.05) is 14.2 Å². The molecule has 2 aromatic carbocycles. The first kappa shape index (κ1) is 14.4. The van der Waals surface area contributed by atoms with E-state index in [9.17, 15) is 10.5 Å². The summed E-state index contributed by atoms with van der Waals surface area (Å²) >= 11 is 0. The average molecular weight is 328 g/mol. The topological polar surface area (TPSA) is 66.0 Å². The summed E-state index contributed by atoms with van der Waals surface area (Å²) in [7, 11) is 3.42. The Morgan fingerprint density at radius 2 is 1.28 bits per heavy atom. The van der Waals surface area contributed by atoms with Crippen LogP contribution in [0.25, 0.3) is 10.8 Å². The van der Waals surface area contributed by atoms with Crippen molar-refractivity contribution in [2.45, 2.75) is 18.3 Å². The molecular weight excluding hydrogens is 312 g/mol. The van der Waals surface area contributed by atoms with Crippen molar-refractivity contribution in [1.29, 1.82) is 10.5 Å². The molecule has 25 heavy (non-hydrogen) atoms. The fourth-order valence-corrected chi connectivity index (χ4v) is 5.55. The van der Waals surface area contributed by atoms with Crippen molar-refractivity contribution in [3.05, 3.63) is 46.5 Å². The van der Waals surface area contributed by atoms with Crippen LogP contribution < -0.4 is 9.47 Å². The molecule has 122 valence electrons. The zero-order chi connectivity index (χ0) is 17.3. The largest absolute Gasteiger partial charge is 0.496 e. The van der Waals surface area contributed by atoms with Gasteiger partial charge in [0.25, 0.3) is 0 Å². The van der Waals surface area contributed by atoms with E-state index in [-0.39, 0.29) is 23.7 Å². The molecule has 4 heteroatoms. The third-order valence-electron chi connectivity index (χ3n) is 6.31. The van der Waals surface area contributed by atoms with E-state index < -0.39 is 0 Å². The molecule has 2 bridgehead atoms. The normalized spacial score (nSPS) is 28.0. The minimum Gasteiger partial charge on any atom is -0.496 e. The smallest absolute Gasteiger partial charge is 0.130 e. The average Bonchev–Trinajstić information content (AvgIpc) is 3.13. The molecule has 0 spiro atoms. The van der Waals surface area contributed by atoms with Crippen LogP contribution in [-0.4, -0.2) is 14.2 Å². The number of nitrogens with zero attached hydrogens (tertiary/aromatic N) is 2. The SMILES string of the molecule is COc1c2c(c(OC)c3ccccc13)[C@@H]1C[C@H]2[C@H]2C(C#N)=C(C#N)[C@H]21. The molecule has 0 saturated heterocycles. The van der Waals surface area contributed by atoms with Crippen molar-refractivity contribution >= 4 is 10.8 Å². The number of hydrogen-bond donors (Lipinski definition) is 0. The van der Waals surface area contributed by atoms with Crippen LogP contribution in [0, 0.1) is 34.5 Å². The number of fused-ring (bicyclic) bond motifs is 9. The number of benzene rings is 2.